The molecule has 0 aliphatic carbocycles. The molecule has 0 fully saturated rings. The van der Waals surface area contributed by atoms with Gasteiger partial charge in [-0.1, -0.05) is 25.1 Å². The van der Waals surface area contributed by atoms with Crippen LogP contribution in [0.4, 0.5) is 0 Å². The third-order valence-corrected chi connectivity index (χ3v) is 2.23. The summed E-state index contributed by atoms with van der Waals surface area (Å²) >= 11 is 0. The highest BCUT2D eigenvalue weighted by Crippen LogP contribution is 2.26. The van der Waals surface area contributed by atoms with E-state index in [1.165, 1.54) is 0 Å². The molecule has 0 saturated heterocycles. The molecule has 0 radical (unpaired) electrons. The maximum absolute atomic E-state index is 10.7. The first kappa shape index (κ1) is 8.94. The van der Waals surface area contributed by atoms with Crippen molar-refractivity contribution in [2.24, 2.45) is 0 Å². The number of fused-ring (bicyclic) bond motifs is 1. The van der Waals surface area contributed by atoms with Crippen LogP contribution in [0.3, 0.4) is 0 Å². The zero-order chi connectivity index (χ0) is 10.1. The van der Waals surface area contributed by atoms with E-state index in [1.54, 1.807) is 6.07 Å². The third kappa shape index (κ3) is 1.21. The normalized spacial score (nSPS) is 11.1. The van der Waals surface area contributed by atoms with Gasteiger partial charge in [-0.25, -0.2) is 0 Å². The number of rotatable bonds is 2. The van der Waals surface area contributed by atoms with Gasteiger partial charge in [-0.3, -0.25) is 4.79 Å². The number of nitrogens with zero attached hydrogens (tertiary/aromatic N) is 1. The lowest BCUT2D eigenvalue weighted by Gasteiger charge is -1.97. The van der Waals surface area contributed by atoms with Crippen molar-refractivity contribution in [1.82, 2.24) is 5.16 Å². The van der Waals surface area contributed by atoms with Gasteiger partial charge in [0.1, 0.15) is 0 Å². The van der Waals surface area contributed by atoms with Crippen molar-refractivity contribution in [2.45, 2.75) is 19.8 Å². The third-order valence-electron chi connectivity index (χ3n) is 2.23. The number of para-hydroxylation sites is 1. The lowest BCUT2D eigenvalue weighted by Crippen LogP contribution is -1.87. The van der Waals surface area contributed by atoms with Gasteiger partial charge in [-0.15, -0.1) is 0 Å². The summed E-state index contributed by atoms with van der Waals surface area (Å²) in [6, 6.07) is 5.49. The average molecular weight is 189 g/mol. The van der Waals surface area contributed by atoms with Crippen LogP contribution < -0.4 is 0 Å². The summed E-state index contributed by atoms with van der Waals surface area (Å²) in [6.45, 7) is 4.09. The molecular formula is C11H11NO2. The van der Waals surface area contributed by atoms with E-state index >= 15 is 0 Å². The van der Waals surface area contributed by atoms with Crippen LogP contribution in [-0.2, 0) is 0 Å². The van der Waals surface area contributed by atoms with Crippen LogP contribution >= 0.6 is 0 Å². The monoisotopic (exact) mass is 189 g/mol. The number of carbonyl (C=O) groups excluding carboxylic acids is 1. The molecular weight excluding hydrogens is 178 g/mol. The SMILES string of the molecule is CC(C)c1noc2c(C=O)cccc12. The number of aromatic nitrogens is 1. The highest BCUT2D eigenvalue weighted by Gasteiger charge is 2.13. The predicted molar refractivity (Wildman–Crippen MR) is 53.5 cm³/mol. The minimum atomic E-state index is 0.304. The van der Waals surface area contributed by atoms with Crippen molar-refractivity contribution in [2.75, 3.05) is 0 Å². The maximum atomic E-state index is 10.7. The van der Waals surface area contributed by atoms with Crippen LogP contribution in [0.5, 0.6) is 0 Å². The van der Waals surface area contributed by atoms with Crippen molar-refractivity contribution < 1.29 is 9.32 Å². The van der Waals surface area contributed by atoms with E-state index in [1.807, 2.05) is 26.0 Å². The number of benzene rings is 1. The van der Waals surface area contributed by atoms with E-state index in [0.717, 1.165) is 17.4 Å². The quantitative estimate of drug-likeness (QED) is 0.682. The van der Waals surface area contributed by atoms with Gasteiger partial charge in [0, 0.05) is 5.39 Å². The molecule has 0 unspecified atom stereocenters. The molecule has 0 aliphatic rings. The molecule has 0 spiro atoms. The number of carbonyl (C=O) groups is 1. The van der Waals surface area contributed by atoms with Gasteiger partial charge in [0.2, 0.25) is 0 Å². The second-order valence-corrected chi connectivity index (χ2v) is 3.56. The van der Waals surface area contributed by atoms with Crippen molar-refractivity contribution >= 4 is 17.3 Å². The van der Waals surface area contributed by atoms with Crippen molar-refractivity contribution in [1.29, 1.82) is 0 Å². The molecule has 0 N–H and O–H groups in total. The largest absolute Gasteiger partial charge is 0.355 e. The second kappa shape index (κ2) is 3.25. The van der Waals surface area contributed by atoms with Gasteiger partial charge < -0.3 is 4.52 Å². The van der Waals surface area contributed by atoms with Crippen LogP contribution in [0, 0.1) is 0 Å². The fourth-order valence-electron chi connectivity index (χ4n) is 1.51. The van der Waals surface area contributed by atoms with E-state index < -0.39 is 0 Å². The van der Waals surface area contributed by atoms with E-state index in [0.29, 0.717) is 17.1 Å². The Labute approximate surface area is 81.7 Å². The van der Waals surface area contributed by atoms with Crippen LogP contribution in [-0.4, -0.2) is 11.4 Å². The molecule has 1 heterocycles. The van der Waals surface area contributed by atoms with Crippen molar-refractivity contribution in [3.63, 3.8) is 0 Å². The molecule has 0 saturated carbocycles. The molecule has 0 amide bonds. The Morgan fingerprint density at radius 1 is 1.43 bits per heavy atom. The Bertz CT molecular complexity index is 471. The molecule has 1 aromatic heterocycles. The summed E-state index contributed by atoms with van der Waals surface area (Å²) in [5.41, 5.74) is 2.05. The number of hydrogen-bond donors (Lipinski definition) is 0. The minimum absolute atomic E-state index is 0.304. The molecule has 3 heteroatoms. The molecule has 0 bridgehead atoms. The van der Waals surface area contributed by atoms with E-state index in [9.17, 15) is 4.79 Å². The van der Waals surface area contributed by atoms with Gasteiger partial charge in [-0.05, 0) is 18.1 Å². The van der Waals surface area contributed by atoms with Gasteiger partial charge in [0.25, 0.3) is 0 Å². The zero-order valence-corrected chi connectivity index (χ0v) is 8.15. The number of aldehydes is 1. The standard InChI is InChI=1S/C11H11NO2/c1-7(2)10-9-5-3-4-8(6-13)11(9)14-12-10/h3-7H,1-2H3. The molecule has 72 valence electrons. The molecule has 2 rings (SSSR count). The summed E-state index contributed by atoms with van der Waals surface area (Å²) in [6.07, 6.45) is 0.789. The fourth-order valence-corrected chi connectivity index (χ4v) is 1.51. The maximum Gasteiger partial charge on any atom is 0.177 e. The highest BCUT2D eigenvalue weighted by molar-refractivity contribution is 5.95. The summed E-state index contributed by atoms with van der Waals surface area (Å²) in [7, 11) is 0. The number of hydrogen-bond acceptors (Lipinski definition) is 3. The highest BCUT2D eigenvalue weighted by atomic mass is 16.5. The molecule has 0 atom stereocenters. The van der Waals surface area contributed by atoms with Gasteiger partial charge in [0.05, 0.1) is 11.3 Å². The van der Waals surface area contributed by atoms with E-state index in [2.05, 4.69) is 5.16 Å². The predicted octanol–water partition coefficient (Wildman–Crippen LogP) is 2.76. The Morgan fingerprint density at radius 3 is 2.86 bits per heavy atom. The Hall–Kier alpha value is -1.64. The first-order chi connectivity index (χ1) is 6.74. The second-order valence-electron chi connectivity index (χ2n) is 3.56. The van der Waals surface area contributed by atoms with Crippen LogP contribution in [0.15, 0.2) is 22.7 Å². The smallest absolute Gasteiger partial charge is 0.177 e. The van der Waals surface area contributed by atoms with Crippen LogP contribution in [0.2, 0.25) is 0 Å². The summed E-state index contributed by atoms with van der Waals surface area (Å²) < 4.78 is 5.15. The average Bonchev–Trinajstić information content (AvgIpc) is 2.60. The molecule has 14 heavy (non-hydrogen) atoms. The molecule has 0 aliphatic heterocycles. The first-order valence-electron chi connectivity index (χ1n) is 4.57. The van der Waals surface area contributed by atoms with Gasteiger partial charge >= 0.3 is 0 Å². The Kier molecular flexibility index (Phi) is 2.08. The van der Waals surface area contributed by atoms with Gasteiger partial charge in [0.15, 0.2) is 11.9 Å². The minimum Gasteiger partial charge on any atom is -0.355 e. The summed E-state index contributed by atoms with van der Waals surface area (Å²) in [4.78, 5) is 10.7. The van der Waals surface area contributed by atoms with Crippen LogP contribution in [0.25, 0.3) is 11.0 Å². The lowest BCUT2D eigenvalue weighted by molar-refractivity contribution is 0.112. The van der Waals surface area contributed by atoms with E-state index in [-0.39, 0.29) is 0 Å². The van der Waals surface area contributed by atoms with Crippen molar-refractivity contribution in [3.05, 3.63) is 29.5 Å². The lowest BCUT2D eigenvalue weighted by atomic mass is 10.0. The molecule has 2 aromatic rings. The summed E-state index contributed by atoms with van der Waals surface area (Å²) in [5.74, 6) is 0.304. The summed E-state index contributed by atoms with van der Waals surface area (Å²) in [5, 5.41) is 4.90. The van der Waals surface area contributed by atoms with Crippen molar-refractivity contribution in [3.8, 4) is 0 Å². The van der Waals surface area contributed by atoms with E-state index in [4.69, 9.17) is 4.52 Å². The Balaban J connectivity index is 2.75. The van der Waals surface area contributed by atoms with Crippen LogP contribution in [0.1, 0.15) is 35.8 Å². The Morgan fingerprint density at radius 2 is 2.21 bits per heavy atom. The molecule has 3 nitrogen and oxygen atoms in total. The molecule has 1 aromatic carbocycles. The topological polar surface area (TPSA) is 43.1 Å². The van der Waals surface area contributed by atoms with Gasteiger partial charge in [-0.2, -0.15) is 0 Å². The first-order valence-corrected chi connectivity index (χ1v) is 4.57. The fraction of sp³-hybridized carbons (Fsp3) is 0.273. The zero-order valence-electron chi connectivity index (χ0n) is 8.15.